The molecule has 7 nitrogen and oxygen atoms in total. The highest BCUT2D eigenvalue weighted by atomic mass is 32.2. The quantitative estimate of drug-likeness (QED) is 0.413. The molecule has 1 atom stereocenters. The highest BCUT2D eigenvalue weighted by molar-refractivity contribution is 7.92. The Kier molecular flexibility index (Phi) is 6.44. The molecular weight excluding hydrogens is 396 g/mol. The lowest BCUT2D eigenvalue weighted by atomic mass is 9.88. The van der Waals surface area contributed by atoms with Crippen LogP contribution in [-0.2, 0) is 14.6 Å². The van der Waals surface area contributed by atoms with Crippen molar-refractivity contribution in [2.24, 2.45) is 16.6 Å². The van der Waals surface area contributed by atoms with Crippen LogP contribution in [0, 0.1) is 5.92 Å². The van der Waals surface area contributed by atoms with Crippen molar-refractivity contribution >= 4 is 38.9 Å². The first-order chi connectivity index (χ1) is 13.3. The molecule has 1 aromatic heterocycles. The number of carbonyl (C=O) groups is 1. The summed E-state index contributed by atoms with van der Waals surface area (Å²) in [6, 6.07) is 3.21. The van der Waals surface area contributed by atoms with Crippen LogP contribution >= 0.6 is 12.2 Å². The SMILES string of the molecule is C/C(N)=N/C(=S)NC(=O)C(CC1CCCC1)c1ccc(S(=O)(=O)C2CC2)nc1. The monoisotopic (exact) mass is 422 g/mol. The van der Waals surface area contributed by atoms with Crippen LogP contribution in [-0.4, -0.2) is 35.5 Å². The second-order valence-corrected chi connectivity index (χ2v) is 10.2. The van der Waals surface area contributed by atoms with Crippen molar-refractivity contribution < 1.29 is 13.2 Å². The second-order valence-electron chi connectivity index (χ2n) is 7.66. The van der Waals surface area contributed by atoms with E-state index in [0.717, 1.165) is 12.8 Å². The van der Waals surface area contributed by atoms with E-state index in [0.29, 0.717) is 30.7 Å². The van der Waals surface area contributed by atoms with E-state index in [1.54, 1.807) is 13.0 Å². The van der Waals surface area contributed by atoms with Gasteiger partial charge in [0, 0.05) is 6.20 Å². The zero-order chi connectivity index (χ0) is 20.3. The number of thiocarbonyl (C=S) groups is 1. The lowest BCUT2D eigenvalue weighted by Gasteiger charge is -2.20. The van der Waals surface area contributed by atoms with Crippen molar-refractivity contribution in [3.05, 3.63) is 23.9 Å². The van der Waals surface area contributed by atoms with Crippen molar-refractivity contribution in [3.8, 4) is 0 Å². The fourth-order valence-electron chi connectivity index (χ4n) is 3.67. The summed E-state index contributed by atoms with van der Waals surface area (Å²) in [4.78, 5) is 20.9. The molecule has 2 aliphatic rings. The third kappa shape index (κ3) is 5.14. The first-order valence-corrected chi connectivity index (χ1v) is 11.6. The van der Waals surface area contributed by atoms with Crippen LogP contribution in [0.3, 0.4) is 0 Å². The van der Waals surface area contributed by atoms with E-state index >= 15 is 0 Å². The molecule has 152 valence electrons. The molecule has 0 aromatic carbocycles. The summed E-state index contributed by atoms with van der Waals surface area (Å²) < 4.78 is 24.7. The standard InChI is InChI=1S/C19H26N4O3S2/c1-12(20)22-19(27)23-18(24)16(10-13-4-2-3-5-13)14-6-9-17(21-11-14)28(25,26)15-7-8-15/h6,9,11,13,15-16H,2-5,7-8,10H2,1H3,(H3,20,22,23,24,27). The molecule has 28 heavy (non-hydrogen) atoms. The number of nitrogens with one attached hydrogen (secondary N) is 1. The number of rotatable bonds is 6. The van der Waals surface area contributed by atoms with Gasteiger partial charge in [-0.1, -0.05) is 31.7 Å². The van der Waals surface area contributed by atoms with Gasteiger partial charge in [-0.25, -0.2) is 18.4 Å². The van der Waals surface area contributed by atoms with E-state index in [1.807, 2.05) is 0 Å². The third-order valence-electron chi connectivity index (χ3n) is 5.28. The van der Waals surface area contributed by atoms with Gasteiger partial charge >= 0.3 is 0 Å². The van der Waals surface area contributed by atoms with Crippen molar-refractivity contribution in [3.63, 3.8) is 0 Å². The number of amides is 1. The number of aromatic nitrogens is 1. The summed E-state index contributed by atoms with van der Waals surface area (Å²) in [5, 5.41) is 2.44. The Hall–Kier alpha value is -1.87. The lowest BCUT2D eigenvalue weighted by Crippen LogP contribution is -2.34. The van der Waals surface area contributed by atoms with Crippen molar-refractivity contribution in [1.82, 2.24) is 10.3 Å². The third-order valence-corrected chi connectivity index (χ3v) is 7.65. The maximum atomic E-state index is 12.9. The van der Waals surface area contributed by atoms with E-state index < -0.39 is 15.8 Å². The van der Waals surface area contributed by atoms with Gasteiger partial charge in [0.2, 0.25) is 11.0 Å². The fraction of sp³-hybridized carbons (Fsp3) is 0.579. The minimum atomic E-state index is -3.35. The summed E-state index contributed by atoms with van der Waals surface area (Å²) in [6.07, 6.45) is 8.10. The number of sulfone groups is 1. The van der Waals surface area contributed by atoms with Crippen LogP contribution in [0.15, 0.2) is 28.3 Å². The molecule has 0 saturated heterocycles. The van der Waals surface area contributed by atoms with Crippen molar-refractivity contribution in [2.45, 2.75) is 68.1 Å². The molecule has 3 rings (SSSR count). The summed E-state index contributed by atoms with van der Waals surface area (Å²) in [5.41, 5.74) is 6.21. The van der Waals surface area contributed by atoms with Crippen LogP contribution in [0.2, 0.25) is 0 Å². The molecule has 0 aliphatic heterocycles. The summed E-state index contributed by atoms with van der Waals surface area (Å²) in [6.45, 7) is 1.59. The highest BCUT2D eigenvalue weighted by Gasteiger charge is 2.38. The minimum absolute atomic E-state index is 0.0299. The lowest BCUT2D eigenvalue weighted by molar-refractivity contribution is -0.121. The number of pyridine rings is 1. The van der Waals surface area contributed by atoms with E-state index in [9.17, 15) is 13.2 Å². The molecule has 0 spiro atoms. The maximum absolute atomic E-state index is 12.9. The number of hydrogen-bond acceptors (Lipinski definition) is 5. The van der Waals surface area contributed by atoms with Gasteiger partial charge in [-0.05, 0) is 56.0 Å². The Balaban J connectivity index is 1.80. The minimum Gasteiger partial charge on any atom is -0.387 e. The highest BCUT2D eigenvalue weighted by Crippen LogP contribution is 2.36. The predicted molar refractivity (Wildman–Crippen MR) is 112 cm³/mol. The second kappa shape index (κ2) is 8.65. The number of aliphatic imine (C=N–C) groups is 1. The molecule has 9 heteroatoms. The predicted octanol–water partition coefficient (Wildman–Crippen LogP) is 2.46. The molecule has 1 amide bonds. The van der Waals surface area contributed by atoms with E-state index in [1.165, 1.54) is 25.1 Å². The van der Waals surface area contributed by atoms with Gasteiger partial charge in [0.15, 0.2) is 14.9 Å². The van der Waals surface area contributed by atoms with Gasteiger partial charge in [0.1, 0.15) is 0 Å². The largest absolute Gasteiger partial charge is 0.387 e. The molecule has 2 fully saturated rings. The van der Waals surface area contributed by atoms with Gasteiger partial charge in [-0.15, -0.1) is 0 Å². The zero-order valence-electron chi connectivity index (χ0n) is 15.9. The van der Waals surface area contributed by atoms with Crippen LogP contribution < -0.4 is 11.1 Å². The maximum Gasteiger partial charge on any atom is 0.233 e. The number of nitrogens with zero attached hydrogens (tertiary/aromatic N) is 2. The molecule has 2 aliphatic carbocycles. The van der Waals surface area contributed by atoms with E-state index in [-0.39, 0.29) is 27.1 Å². The van der Waals surface area contributed by atoms with Crippen LogP contribution in [0.4, 0.5) is 0 Å². The van der Waals surface area contributed by atoms with Gasteiger partial charge in [-0.3, -0.25) is 4.79 Å². The summed E-state index contributed by atoms with van der Waals surface area (Å²) in [5.74, 6) is 0.00824. The van der Waals surface area contributed by atoms with Crippen molar-refractivity contribution in [2.75, 3.05) is 0 Å². The average Bonchev–Trinajstić information content (AvgIpc) is 3.37. The van der Waals surface area contributed by atoms with Crippen LogP contribution in [0.1, 0.15) is 63.4 Å². The Labute approximate surface area is 171 Å². The van der Waals surface area contributed by atoms with E-state index in [4.69, 9.17) is 18.0 Å². The number of amidine groups is 1. The molecular formula is C19H26N4O3S2. The van der Waals surface area contributed by atoms with E-state index in [2.05, 4.69) is 15.3 Å². The van der Waals surface area contributed by atoms with Gasteiger partial charge in [-0.2, -0.15) is 0 Å². The molecule has 2 saturated carbocycles. The van der Waals surface area contributed by atoms with Gasteiger partial charge in [0.25, 0.3) is 0 Å². The number of nitrogens with two attached hydrogens (primary N) is 1. The first-order valence-electron chi connectivity index (χ1n) is 9.63. The smallest absolute Gasteiger partial charge is 0.233 e. The van der Waals surface area contributed by atoms with Crippen molar-refractivity contribution in [1.29, 1.82) is 0 Å². The Morgan fingerprint density at radius 2 is 2.00 bits per heavy atom. The van der Waals surface area contributed by atoms with Gasteiger partial charge in [0.05, 0.1) is 17.0 Å². The molecule has 0 bridgehead atoms. The first kappa shape index (κ1) is 20.9. The topological polar surface area (TPSA) is 115 Å². The molecule has 1 heterocycles. The Bertz CT molecular complexity index is 867. The average molecular weight is 423 g/mol. The van der Waals surface area contributed by atoms with Crippen LogP contribution in [0.5, 0.6) is 0 Å². The molecule has 0 radical (unpaired) electrons. The zero-order valence-corrected chi connectivity index (χ0v) is 17.6. The summed E-state index contributed by atoms with van der Waals surface area (Å²) in [7, 11) is -3.35. The fourth-order valence-corrected chi connectivity index (χ4v) is 5.47. The number of hydrogen-bond donors (Lipinski definition) is 2. The summed E-state index contributed by atoms with van der Waals surface area (Å²) >= 11 is 5.07. The molecule has 3 N–H and O–H groups in total. The van der Waals surface area contributed by atoms with Crippen LogP contribution in [0.25, 0.3) is 0 Å². The Morgan fingerprint density at radius 3 is 2.54 bits per heavy atom. The number of carbonyl (C=O) groups excluding carboxylic acids is 1. The molecule has 1 unspecified atom stereocenters. The Morgan fingerprint density at radius 1 is 1.32 bits per heavy atom. The van der Waals surface area contributed by atoms with Gasteiger partial charge < -0.3 is 11.1 Å². The normalized spacial score (nSPS) is 19.4. The molecule has 1 aromatic rings.